The quantitative estimate of drug-likeness (QED) is 0.157. The van der Waals surface area contributed by atoms with Gasteiger partial charge in [-0.15, -0.1) is 11.3 Å². The lowest BCUT2D eigenvalue weighted by Gasteiger charge is -2.10. The highest BCUT2D eigenvalue weighted by atomic mass is 35.5. The monoisotopic (exact) mass is 557 g/mol. The van der Waals surface area contributed by atoms with E-state index >= 15 is 0 Å². The fraction of sp³-hybridized carbons (Fsp3) is 0.188. The topological polar surface area (TPSA) is 43.4 Å². The SMILES string of the molecule is CCCOc1ccc(Cl)c2c(=O)c3ccccc3[s+](-c3ccc4sc5ccc(C(C)C)cc5c(=O)c4c3)c12. The van der Waals surface area contributed by atoms with Gasteiger partial charge in [-0.3, -0.25) is 9.59 Å². The van der Waals surface area contributed by atoms with Gasteiger partial charge in [-0.1, -0.05) is 50.6 Å². The van der Waals surface area contributed by atoms with Crippen LogP contribution < -0.4 is 15.6 Å². The molecule has 0 aliphatic carbocycles. The molecule has 2 heterocycles. The summed E-state index contributed by atoms with van der Waals surface area (Å²) in [6.07, 6.45) is 0.845. The summed E-state index contributed by atoms with van der Waals surface area (Å²) >= 11 is 8.30. The number of halogens is 1. The van der Waals surface area contributed by atoms with Crippen molar-refractivity contribution < 1.29 is 4.74 Å². The maximum Gasteiger partial charge on any atom is 0.234 e. The first-order valence-electron chi connectivity index (χ1n) is 12.7. The average molecular weight is 558 g/mol. The van der Waals surface area contributed by atoms with Gasteiger partial charge in [-0.2, -0.15) is 0 Å². The van der Waals surface area contributed by atoms with Crippen molar-refractivity contribution in [1.29, 1.82) is 0 Å². The third-order valence-corrected chi connectivity index (χ3v) is 10.7. The normalized spacial score (nSPS) is 12.3. The minimum atomic E-state index is -0.678. The molecule has 6 rings (SSSR count). The fourth-order valence-electron chi connectivity index (χ4n) is 4.94. The zero-order valence-corrected chi connectivity index (χ0v) is 23.7. The van der Waals surface area contributed by atoms with Gasteiger partial charge in [0.15, 0.2) is 20.8 Å². The van der Waals surface area contributed by atoms with E-state index in [2.05, 4.69) is 39.0 Å². The minimum Gasteiger partial charge on any atom is -0.488 e. The lowest BCUT2D eigenvalue weighted by molar-refractivity contribution is 0.321. The summed E-state index contributed by atoms with van der Waals surface area (Å²) in [7, 11) is -0.678. The first kappa shape index (κ1) is 25.1. The minimum absolute atomic E-state index is 0.0387. The van der Waals surface area contributed by atoms with Gasteiger partial charge in [0, 0.05) is 36.7 Å². The van der Waals surface area contributed by atoms with Gasteiger partial charge in [0.25, 0.3) is 0 Å². The smallest absolute Gasteiger partial charge is 0.234 e. The summed E-state index contributed by atoms with van der Waals surface area (Å²) in [4.78, 5) is 28.4. The fourth-order valence-corrected chi connectivity index (χ4v) is 8.75. The first-order valence-corrected chi connectivity index (χ1v) is 15.1. The number of hydrogen-bond acceptors (Lipinski definition) is 4. The maximum absolute atomic E-state index is 13.8. The molecule has 0 N–H and O–H groups in total. The molecule has 2 aromatic heterocycles. The zero-order valence-electron chi connectivity index (χ0n) is 21.3. The molecule has 6 heteroatoms. The predicted molar refractivity (Wildman–Crippen MR) is 166 cm³/mol. The molecular formula is C32H26ClO3S2+. The molecule has 190 valence electrons. The van der Waals surface area contributed by atoms with E-state index in [0.29, 0.717) is 39.5 Å². The molecule has 0 amide bonds. The van der Waals surface area contributed by atoms with E-state index in [4.69, 9.17) is 16.3 Å². The molecule has 0 aliphatic heterocycles. The molecule has 0 aliphatic rings. The van der Waals surface area contributed by atoms with Gasteiger partial charge >= 0.3 is 0 Å². The molecule has 0 saturated carbocycles. The van der Waals surface area contributed by atoms with Gasteiger partial charge in [-0.25, -0.2) is 0 Å². The van der Waals surface area contributed by atoms with Crippen molar-refractivity contribution in [2.24, 2.45) is 0 Å². The summed E-state index contributed by atoms with van der Waals surface area (Å²) in [6.45, 7) is 6.86. The standard InChI is InChI=1S/C32H26ClO3S2/c1-4-15-36-25-12-11-24(33)29-31(35)21-7-5-6-8-28(21)38(32(25)29)20-10-14-27-23(17-20)30(34)22-16-19(18(2)3)9-13-26(22)37-27/h5-14,16-18H,4,15H2,1-3H3/q+1. The Morgan fingerprint density at radius 2 is 1.61 bits per heavy atom. The number of ether oxygens (including phenoxy) is 1. The van der Waals surface area contributed by atoms with Crippen molar-refractivity contribution in [2.45, 2.75) is 33.1 Å². The Morgan fingerprint density at radius 3 is 2.37 bits per heavy atom. The molecule has 38 heavy (non-hydrogen) atoms. The van der Waals surface area contributed by atoms with Crippen molar-refractivity contribution in [3.8, 4) is 10.6 Å². The average Bonchev–Trinajstić information content (AvgIpc) is 2.93. The Hall–Kier alpha value is -3.25. The molecule has 3 nitrogen and oxygen atoms in total. The van der Waals surface area contributed by atoms with Crippen LogP contribution in [0.1, 0.15) is 38.7 Å². The van der Waals surface area contributed by atoms with E-state index in [0.717, 1.165) is 41.1 Å². The van der Waals surface area contributed by atoms with Crippen molar-refractivity contribution in [2.75, 3.05) is 6.61 Å². The Morgan fingerprint density at radius 1 is 0.868 bits per heavy atom. The van der Waals surface area contributed by atoms with Crippen molar-refractivity contribution in [3.63, 3.8) is 0 Å². The van der Waals surface area contributed by atoms with Crippen molar-refractivity contribution in [1.82, 2.24) is 0 Å². The summed E-state index contributed by atoms with van der Waals surface area (Å²) in [5.41, 5.74) is 1.10. The van der Waals surface area contributed by atoms with Gasteiger partial charge < -0.3 is 4.74 Å². The maximum atomic E-state index is 13.8. The predicted octanol–water partition coefficient (Wildman–Crippen LogP) is 9.39. The molecule has 0 bridgehead atoms. The lowest BCUT2D eigenvalue weighted by Crippen LogP contribution is -2.05. The number of hydrogen-bond donors (Lipinski definition) is 0. The molecule has 1 atom stereocenters. The highest BCUT2D eigenvalue weighted by Gasteiger charge is 2.28. The van der Waals surface area contributed by atoms with Crippen LogP contribution in [-0.4, -0.2) is 6.61 Å². The second-order valence-electron chi connectivity index (χ2n) is 9.73. The van der Waals surface area contributed by atoms with Crippen LogP contribution in [0.4, 0.5) is 0 Å². The molecule has 0 radical (unpaired) electrons. The molecule has 0 spiro atoms. The third kappa shape index (κ3) is 4.01. The number of rotatable bonds is 5. The highest BCUT2D eigenvalue weighted by Crippen LogP contribution is 2.49. The van der Waals surface area contributed by atoms with Crippen LogP contribution in [-0.2, 0) is 0 Å². The van der Waals surface area contributed by atoms with Crippen LogP contribution in [0.2, 0.25) is 5.02 Å². The van der Waals surface area contributed by atoms with Gasteiger partial charge in [-0.05, 0) is 66.4 Å². The van der Waals surface area contributed by atoms with Gasteiger partial charge in [0.05, 0.1) is 17.0 Å². The van der Waals surface area contributed by atoms with Crippen molar-refractivity contribution >= 4 is 73.8 Å². The van der Waals surface area contributed by atoms with E-state index < -0.39 is 10.5 Å². The molecule has 6 aromatic rings. The van der Waals surface area contributed by atoms with Crippen LogP contribution in [0.3, 0.4) is 0 Å². The van der Waals surface area contributed by atoms with E-state index in [1.54, 1.807) is 17.4 Å². The van der Waals surface area contributed by atoms with Crippen LogP contribution in [0.15, 0.2) is 82.4 Å². The van der Waals surface area contributed by atoms with E-state index in [1.165, 1.54) is 0 Å². The Bertz CT molecular complexity index is 2000. The Balaban J connectivity index is 1.74. The molecular weight excluding hydrogens is 532 g/mol. The molecule has 1 unspecified atom stereocenters. The van der Waals surface area contributed by atoms with Crippen LogP contribution >= 0.6 is 33.4 Å². The Kier molecular flexibility index (Phi) is 6.47. The molecule has 0 saturated heterocycles. The van der Waals surface area contributed by atoms with Crippen LogP contribution in [0, 0.1) is 0 Å². The summed E-state index contributed by atoms with van der Waals surface area (Å²) < 4.78 is 9.82. The highest BCUT2D eigenvalue weighted by molar-refractivity contribution is 7.49. The third-order valence-electron chi connectivity index (χ3n) is 6.88. The largest absolute Gasteiger partial charge is 0.488 e. The number of benzene rings is 4. The van der Waals surface area contributed by atoms with Gasteiger partial charge in [0.2, 0.25) is 10.1 Å². The summed E-state index contributed by atoms with van der Waals surface area (Å²) in [6, 6.07) is 23.6. The van der Waals surface area contributed by atoms with Crippen LogP contribution in [0.5, 0.6) is 5.75 Å². The summed E-state index contributed by atoms with van der Waals surface area (Å²) in [5.74, 6) is 1.01. The van der Waals surface area contributed by atoms with E-state index in [1.807, 2.05) is 48.5 Å². The van der Waals surface area contributed by atoms with Gasteiger partial charge in [0.1, 0.15) is 5.39 Å². The van der Waals surface area contributed by atoms with Crippen molar-refractivity contribution in [3.05, 3.63) is 104 Å². The molecule has 4 aromatic carbocycles. The second-order valence-corrected chi connectivity index (χ2v) is 13.2. The van der Waals surface area contributed by atoms with E-state index in [9.17, 15) is 9.59 Å². The zero-order chi connectivity index (χ0) is 26.6. The second kappa shape index (κ2) is 9.81. The first-order chi connectivity index (χ1) is 18.4. The van der Waals surface area contributed by atoms with Crippen LogP contribution in [0.25, 0.3) is 45.2 Å². The summed E-state index contributed by atoms with van der Waals surface area (Å²) in [5, 5.41) is 3.00. The lowest BCUT2D eigenvalue weighted by atomic mass is 10.0. The Labute approximate surface area is 231 Å². The number of fused-ring (bicyclic) bond motifs is 4. The molecule has 0 fully saturated rings. The van der Waals surface area contributed by atoms with E-state index in [-0.39, 0.29) is 10.9 Å².